The highest BCUT2D eigenvalue weighted by Crippen LogP contribution is 2.31. The van der Waals surface area contributed by atoms with E-state index in [1.807, 2.05) is 39.1 Å². The minimum Gasteiger partial charge on any atom is -0.335 e. The molecule has 3 rings (SSSR count). The largest absolute Gasteiger partial charge is 0.335 e. The number of hydrogen-bond donors (Lipinski definition) is 2. The molecule has 1 fully saturated rings. The minimum absolute atomic E-state index is 0.0526. The van der Waals surface area contributed by atoms with E-state index in [2.05, 4.69) is 15.7 Å². The van der Waals surface area contributed by atoms with Crippen molar-refractivity contribution >= 4 is 29.2 Å². The smallest absolute Gasteiger partial charge is 0.319 e. The van der Waals surface area contributed by atoms with Crippen LogP contribution < -0.4 is 10.6 Å². The van der Waals surface area contributed by atoms with Gasteiger partial charge < -0.3 is 15.5 Å². The third-order valence-corrected chi connectivity index (χ3v) is 5.48. The number of halogens is 1. The van der Waals surface area contributed by atoms with E-state index in [-0.39, 0.29) is 24.0 Å². The van der Waals surface area contributed by atoms with Gasteiger partial charge in [-0.3, -0.25) is 9.48 Å². The number of benzene rings is 1. The van der Waals surface area contributed by atoms with Gasteiger partial charge >= 0.3 is 6.03 Å². The van der Waals surface area contributed by atoms with Crippen molar-refractivity contribution in [2.75, 3.05) is 12.4 Å². The van der Waals surface area contributed by atoms with Crippen LogP contribution in [-0.4, -0.2) is 39.7 Å². The molecular formula is C19H24ClN5O2. The van der Waals surface area contributed by atoms with E-state index in [1.54, 1.807) is 22.8 Å². The average Bonchev–Trinajstić information content (AvgIpc) is 3.02. The summed E-state index contributed by atoms with van der Waals surface area (Å²) < 4.78 is 1.73. The first kappa shape index (κ1) is 19.2. The van der Waals surface area contributed by atoms with E-state index in [1.165, 1.54) is 0 Å². The Kier molecular flexibility index (Phi) is 5.41. The Morgan fingerprint density at radius 3 is 2.63 bits per heavy atom. The Balaban J connectivity index is 1.78. The van der Waals surface area contributed by atoms with Crippen molar-refractivity contribution in [1.29, 1.82) is 0 Å². The molecule has 3 amide bonds. The molecule has 1 aliphatic rings. The maximum absolute atomic E-state index is 12.6. The van der Waals surface area contributed by atoms with Crippen LogP contribution in [-0.2, 0) is 11.8 Å². The quantitative estimate of drug-likeness (QED) is 0.846. The SMILES string of the molecule is Cc1cc(Cl)c(NC(=O)N[C@@H]2CCC(=O)N(C)[C@H]2c2ccnn2C)cc1C. The average molecular weight is 390 g/mol. The van der Waals surface area contributed by atoms with Crippen LogP contribution in [0, 0.1) is 13.8 Å². The molecule has 0 bridgehead atoms. The van der Waals surface area contributed by atoms with Crippen LogP contribution in [0.25, 0.3) is 0 Å². The Labute approximate surface area is 163 Å². The molecule has 0 spiro atoms. The van der Waals surface area contributed by atoms with Crippen molar-refractivity contribution in [3.05, 3.63) is 46.2 Å². The number of likely N-dealkylation sites (tertiary alicyclic amines) is 1. The normalized spacial score (nSPS) is 19.9. The van der Waals surface area contributed by atoms with Gasteiger partial charge in [-0.25, -0.2) is 4.79 Å². The van der Waals surface area contributed by atoms with Crippen LogP contribution in [0.15, 0.2) is 24.4 Å². The Hall–Kier alpha value is -2.54. The zero-order valence-corrected chi connectivity index (χ0v) is 16.7. The molecule has 1 aromatic heterocycles. The molecular weight excluding hydrogens is 366 g/mol. The standard InChI is InChI=1S/C19H24ClN5O2/c1-11-9-13(20)15(10-12(11)2)23-19(27)22-14-5-6-17(26)24(3)18(14)16-7-8-21-25(16)4/h7-10,14,18H,5-6H2,1-4H3,(H2,22,23,27)/t14-,18-/m1/s1. The van der Waals surface area contributed by atoms with Gasteiger partial charge in [0.2, 0.25) is 5.91 Å². The zero-order valence-electron chi connectivity index (χ0n) is 15.9. The predicted octanol–water partition coefficient (Wildman–Crippen LogP) is 3.17. The van der Waals surface area contributed by atoms with Gasteiger partial charge in [-0.05, 0) is 49.6 Å². The second-order valence-electron chi connectivity index (χ2n) is 6.99. The molecule has 0 saturated carbocycles. The first-order valence-corrected chi connectivity index (χ1v) is 9.23. The van der Waals surface area contributed by atoms with Gasteiger partial charge in [0, 0.05) is 26.7 Å². The fourth-order valence-corrected chi connectivity index (χ4v) is 3.74. The molecule has 1 aliphatic heterocycles. The summed E-state index contributed by atoms with van der Waals surface area (Å²) in [5.41, 5.74) is 3.55. The number of carbonyl (C=O) groups excluding carboxylic acids is 2. The van der Waals surface area contributed by atoms with Crippen LogP contribution in [0.1, 0.15) is 35.7 Å². The lowest BCUT2D eigenvalue weighted by Crippen LogP contribution is -2.52. The number of likely N-dealkylation sites (N-methyl/N-ethyl adjacent to an activating group) is 1. The number of urea groups is 1. The fourth-order valence-electron chi connectivity index (χ4n) is 3.47. The van der Waals surface area contributed by atoms with Gasteiger partial charge in [0.25, 0.3) is 0 Å². The third-order valence-electron chi connectivity index (χ3n) is 5.17. The van der Waals surface area contributed by atoms with Crippen LogP contribution >= 0.6 is 11.6 Å². The topological polar surface area (TPSA) is 79.3 Å². The molecule has 0 aliphatic carbocycles. The lowest BCUT2D eigenvalue weighted by molar-refractivity contribution is -0.136. The summed E-state index contributed by atoms with van der Waals surface area (Å²) >= 11 is 6.25. The number of anilines is 1. The molecule has 27 heavy (non-hydrogen) atoms. The predicted molar refractivity (Wildman–Crippen MR) is 105 cm³/mol. The zero-order chi connectivity index (χ0) is 19.7. The van der Waals surface area contributed by atoms with E-state index < -0.39 is 0 Å². The van der Waals surface area contributed by atoms with Gasteiger partial charge in [-0.15, -0.1) is 0 Å². The van der Waals surface area contributed by atoms with E-state index in [0.29, 0.717) is 23.6 Å². The number of nitrogens with zero attached hydrogens (tertiary/aromatic N) is 3. The number of carbonyl (C=O) groups is 2. The molecule has 8 heteroatoms. The Morgan fingerprint density at radius 1 is 1.26 bits per heavy atom. The highest BCUT2D eigenvalue weighted by Gasteiger charge is 2.37. The maximum Gasteiger partial charge on any atom is 0.319 e. The van der Waals surface area contributed by atoms with Gasteiger partial charge in [0.05, 0.1) is 28.5 Å². The summed E-state index contributed by atoms with van der Waals surface area (Å²) in [4.78, 5) is 26.5. The molecule has 1 aromatic carbocycles. The van der Waals surface area contributed by atoms with Crippen LogP contribution in [0.4, 0.5) is 10.5 Å². The fraction of sp³-hybridized carbons (Fsp3) is 0.421. The number of aryl methyl sites for hydroxylation is 3. The molecule has 1 saturated heterocycles. The molecule has 7 nitrogen and oxygen atoms in total. The molecule has 2 heterocycles. The number of nitrogens with one attached hydrogen (secondary N) is 2. The van der Waals surface area contributed by atoms with E-state index in [0.717, 1.165) is 16.8 Å². The second-order valence-corrected chi connectivity index (χ2v) is 7.40. The number of amides is 3. The maximum atomic E-state index is 12.6. The Bertz CT molecular complexity index is 879. The van der Waals surface area contributed by atoms with E-state index in [9.17, 15) is 9.59 Å². The van der Waals surface area contributed by atoms with Gasteiger partial charge in [-0.1, -0.05) is 11.6 Å². The third kappa shape index (κ3) is 3.93. The monoisotopic (exact) mass is 389 g/mol. The van der Waals surface area contributed by atoms with Crippen molar-refractivity contribution in [2.45, 2.75) is 38.8 Å². The number of piperidine rings is 1. The summed E-state index contributed by atoms with van der Waals surface area (Å²) in [6, 6.07) is 4.70. The number of hydrogen-bond acceptors (Lipinski definition) is 3. The van der Waals surface area contributed by atoms with Crippen molar-refractivity contribution in [3.8, 4) is 0 Å². The minimum atomic E-state index is -0.347. The summed E-state index contributed by atoms with van der Waals surface area (Å²) in [5.74, 6) is 0.0526. The van der Waals surface area contributed by atoms with Crippen LogP contribution in [0.5, 0.6) is 0 Å². The molecule has 0 radical (unpaired) electrons. The highest BCUT2D eigenvalue weighted by atomic mass is 35.5. The Morgan fingerprint density at radius 2 is 1.96 bits per heavy atom. The van der Waals surface area contributed by atoms with Crippen molar-refractivity contribution in [3.63, 3.8) is 0 Å². The summed E-state index contributed by atoms with van der Waals surface area (Å²) in [6.07, 6.45) is 2.64. The molecule has 144 valence electrons. The van der Waals surface area contributed by atoms with Crippen molar-refractivity contribution in [1.82, 2.24) is 20.0 Å². The molecule has 2 atom stereocenters. The highest BCUT2D eigenvalue weighted by molar-refractivity contribution is 6.33. The van der Waals surface area contributed by atoms with Crippen LogP contribution in [0.2, 0.25) is 5.02 Å². The van der Waals surface area contributed by atoms with Crippen molar-refractivity contribution < 1.29 is 9.59 Å². The van der Waals surface area contributed by atoms with E-state index >= 15 is 0 Å². The van der Waals surface area contributed by atoms with Gasteiger partial charge in [0.1, 0.15) is 0 Å². The number of rotatable bonds is 3. The number of aromatic nitrogens is 2. The first-order chi connectivity index (χ1) is 12.8. The van der Waals surface area contributed by atoms with Gasteiger partial charge in [-0.2, -0.15) is 5.10 Å². The summed E-state index contributed by atoms with van der Waals surface area (Å²) in [5, 5.41) is 10.5. The lowest BCUT2D eigenvalue weighted by Gasteiger charge is -2.39. The molecule has 0 unspecified atom stereocenters. The molecule has 2 N–H and O–H groups in total. The summed E-state index contributed by atoms with van der Waals surface area (Å²) in [7, 11) is 3.58. The van der Waals surface area contributed by atoms with Gasteiger partial charge in [0.15, 0.2) is 0 Å². The molecule has 2 aromatic rings. The second kappa shape index (κ2) is 7.60. The van der Waals surface area contributed by atoms with Crippen LogP contribution in [0.3, 0.4) is 0 Å². The summed E-state index contributed by atoms with van der Waals surface area (Å²) in [6.45, 7) is 3.94. The lowest BCUT2D eigenvalue weighted by atomic mass is 9.93. The van der Waals surface area contributed by atoms with E-state index in [4.69, 9.17) is 11.6 Å². The first-order valence-electron chi connectivity index (χ1n) is 8.85. The van der Waals surface area contributed by atoms with Crippen molar-refractivity contribution in [2.24, 2.45) is 7.05 Å².